The Bertz CT molecular complexity index is 444. The van der Waals surface area contributed by atoms with Gasteiger partial charge in [0, 0.05) is 45.6 Å². The lowest BCUT2D eigenvalue weighted by Gasteiger charge is -2.39. The first kappa shape index (κ1) is 25.9. The maximum Gasteiger partial charge on any atom is 0.305 e. The van der Waals surface area contributed by atoms with Gasteiger partial charge in [-0.05, 0) is 51.6 Å². The highest BCUT2D eigenvalue weighted by Gasteiger charge is 2.24. The highest BCUT2D eigenvalue weighted by Crippen LogP contribution is 2.25. The molecule has 1 saturated carbocycles. The molecule has 7 nitrogen and oxygen atoms in total. The van der Waals surface area contributed by atoms with Crippen molar-refractivity contribution in [1.82, 2.24) is 15.1 Å². The van der Waals surface area contributed by atoms with E-state index in [2.05, 4.69) is 15.1 Å². The lowest BCUT2D eigenvalue weighted by molar-refractivity contribution is -0.140. The summed E-state index contributed by atoms with van der Waals surface area (Å²) in [5.74, 6) is -0.00393. The third-order valence-corrected chi connectivity index (χ3v) is 5.92. The monoisotopic (exact) mass is 413 g/mol. The van der Waals surface area contributed by atoms with Crippen molar-refractivity contribution in [2.45, 2.75) is 76.7 Å². The van der Waals surface area contributed by atoms with E-state index in [1.807, 2.05) is 0 Å². The van der Waals surface area contributed by atoms with E-state index in [9.17, 15) is 14.7 Å². The summed E-state index contributed by atoms with van der Waals surface area (Å²) in [7, 11) is 3.12. The van der Waals surface area contributed by atoms with Gasteiger partial charge in [0.1, 0.15) is 0 Å². The van der Waals surface area contributed by atoms with Crippen LogP contribution in [-0.4, -0.2) is 86.3 Å². The van der Waals surface area contributed by atoms with Crippen molar-refractivity contribution in [1.29, 1.82) is 0 Å². The Morgan fingerprint density at radius 2 is 1.62 bits per heavy atom. The standard InChI is InChI=1S/C22H43N3O4/c1-23-21(27)12-5-3-7-14-24(18-19-26)16-17-25(20-10-9-11-20)15-8-4-6-13-22(28)29-2/h20,26H,3-19H2,1-2H3,(H,23,27). The maximum atomic E-state index is 11.3. The van der Waals surface area contributed by atoms with Gasteiger partial charge >= 0.3 is 5.97 Å². The summed E-state index contributed by atoms with van der Waals surface area (Å²) < 4.78 is 4.70. The number of hydrogen-bond donors (Lipinski definition) is 2. The number of methoxy groups -OCH3 is 1. The van der Waals surface area contributed by atoms with Crippen LogP contribution in [0.3, 0.4) is 0 Å². The molecule has 7 heteroatoms. The number of aliphatic hydroxyl groups excluding tert-OH is 1. The van der Waals surface area contributed by atoms with Crippen LogP contribution in [0.4, 0.5) is 0 Å². The topological polar surface area (TPSA) is 82.1 Å². The molecule has 170 valence electrons. The molecule has 29 heavy (non-hydrogen) atoms. The van der Waals surface area contributed by atoms with E-state index in [1.54, 1.807) is 7.05 Å². The zero-order chi connectivity index (χ0) is 21.3. The third kappa shape index (κ3) is 12.2. The molecule has 2 N–H and O–H groups in total. The maximum absolute atomic E-state index is 11.3. The molecule has 0 heterocycles. The van der Waals surface area contributed by atoms with Crippen LogP contribution in [0.15, 0.2) is 0 Å². The molecule has 0 aromatic rings. The second-order valence-corrected chi connectivity index (χ2v) is 8.06. The minimum Gasteiger partial charge on any atom is -0.469 e. The molecule has 0 bridgehead atoms. The largest absolute Gasteiger partial charge is 0.469 e. The Balaban J connectivity index is 2.26. The summed E-state index contributed by atoms with van der Waals surface area (Å²) in [6, 6.07) is 0.708. The van der Waals surface area contributed by atoms with Crippen molar-refractivity contribution in [3.8, 4) is 0 Å². The number of unbranched alkanes of at least 4 members (excludes halogenated alkanes) is 4. The number of hydrogen-bond acceptors (Lipinski definition) is 6. The fraction of sp³-hybridized carbons (Fsp3) is 0.909. The first-order valence-corrected chi connectivity index (χ1v) is 11.4. The molecule has 1 aliphatic carbocycles. The fourth-order valence-electron chi connectivity index (χ4n) is 3.76. The normalized spacial score (nSPS) is 14.2. The summed E-state index contributed by atoms with van der Waals surface area (Å²) in [6.45, 7) is 4.99. The lowest BCUT2D eigenvalue weighted by atomic mass is 9.91. The molecule has 1 fully saturated rings. The van der Waals surface area contributed by atoms with E-state index >= 15 is 0 Å². The van der Waals surface area contributed by atoms with E-state index < -0.39 is 0 Å². The smallest absolute Gasteiger partial charge is 0.305 e. The number of nitrogens with zero attached hydrogens (tertiary/aromatic N) is 2. The molecule has 0 aromatic carbocycles. The highest BCUT2D eigenvalue weighted by molar-refractivity contribution is 5.75. The Morgan fingerprint density at radius 3 is 2.21 bits per heavy atom. The van der Waals surface area contributed by atoms with Gasteiger partial charge in [0.15, 0.2) is 0 Å². The van der Waals surface area contributed by atoms with Gasteiger partial charge in [0.05, 0.1) is 13.7 Å². The number of esters is 1. The zero-order valence-electron chi connectivity index (χ0n) is 18.7. The SMILES string of the molecule is CNC(=O)CCCCCN(CCO)CCN(CCCCCC(=O)OC)C1CCC1. The van der Waals surface area contributed by atoms with Gasteiger partial charge in [-0.1, -0.05) is 19.3 Å². The van der Waals surface area contributed by atoms with E-state index in [4.69, 9.17) is 4.74 Å². The molecular formula is C22H43N3O4. The summed E-state index contributed by atoms with van der Waals surface area (Å²) in [6.07, 6.45) is 11.1. The average molecular weight is 414 g/mol. The number of nitrogens with one attached hydrogen (secondary N) is 1. The molecule has 1 rings (SSSR count). The summed E-state index contributed by atoms with van der Waals surface area (Å²) in [4.78, 5) is 27.4. The molecule has 0 spiro atoms. The number of rotatable bonds is 18. The van der Waals surface area contributed by atoms with Crippen molar-refractivity contribution in [3.63, 3.8) is 0 Å². The van der Waals surface area contributed by atoms with Crippen molar-refractivity contribution < 1.29 is 19.4 Å². The second-order valence-electron chi connectivity index (χ2n) is 8.06. The molecule has 0 saturated heterocycles. The Kier molecular flexibility index (Phi) is 14.8. The third-order valence-electron chi connectivity index (χ3n) is 5.92. The van der Waals surface area contributed by atoms with Crippen LogP contribution >= 0.6 is 0 Å². The van der Waals surface area contributed by atoms with Gasteiger partial charge in [-0.15, -0.1) is 0 Å². The zero-order valence-corrected chi connectivity index (χ0v) is 18.7. The number of carbonyl (C=O) groups is 2. The second kappa shape index (κ2) is 16.6. The molecule has 0 radical (unpaired) electrons. The van der Waals surface area contributed by atoms with Crippen molar-refractivity contribution >= 4 is 11.9 Å². The molecule has 0 unspecified atom stereocenters. The summed E-state index contributed by atoms with van der Waals surface area (Å²) in [5.41, 5.74) is 0. The quantitative estimate of drug-likeness (QED) is 0.265. The van der Waals surface area contributed by atoms with Gasteiger partial charge < -0.3 is 15.2 Å². The number of ether oxygens (including phenoxy) is 1. The van der Waals surface area contributed by atoms with Gasteiger partial charge in [-0.2, -0.15) is 0 Å². The first-order chi connectivity index (χ1) is 14.1. The van der Waals surface area contributed by atoms with Crippen LogP contribution in [0.2, 0.25) is 0 Å². The van der Waals surface area contributed by atoms with Gasteiger partial charge in [-0.3, -0.25) is 19.4 Å². The van der Waals surface area contributed by atoms with Gasteiger partial charge in [0.2, 0.25) is 5.91 Å². The lowest BCUT2D eigenvalue weighted by Crippen LogP contribution is -2.45. The van der Waals surface area contributed by atoms with E-state index in [0.717, 1.165) is 64.7 Å². The predicted molar refractivity (Wildman–Crippen MR) is 116 cm³/mol. The van der Waals surface area contributed by atoms with Crippen LogP contribution in [0.5, 0.6) is 0 Å². The van der Waals surface area contributed by atoms with Gasteiger partial charge in [0.25, 0.3) is 0 Å². The number of amides is 1. The van der Waals surface area contributed by atoms with Crippen LogP contribution in [0.1, 0.15) is 70.6 Å². The fourth-order valence-corrected chi connectivity index (χ4v) is 3.76. The highest BCUT2D eigenvalue weighted by atomic mass is 16.5. The Hall–Kier alpha value is -1.18. The van der Waals surface area contributed by atoms with Crippen LogP contribution in [-0.2, 0) is 14.3 Å². The molecular weight excluding hydrogens is 370 g/mol. The molecule has 1 amide bonds. The number of aliphatic hydroxyl groups is 1. The summed E-state index contributed by atoms with van der Waals surface area (Å²) >= 11 is 0. The molecule has 0 atom stereocenters. The van der Waals surface area contributed by atoms with Crippen LogP contribution in [0, 0.1) is 0 Å². The minimum atomic E-state index is -0.115. The first-order valence-electron chi connectivity index (χ1n) is 11.4. The van der Waals surface area contributed by atoms with Crippen molar-refractivity contribution in [3.05, 3.63) is 0 Å². The minimum absolute atomic E-state index is 0.111. The molecule has 1 aliphatic rings. The molecule has 0 aliphatic heterocycles. The van der Waals surface area contributed by atoms with Gasteiger partial charge in [-0.25, -0.2) is 0 Å². The average Bonchev–Trinajstić information content (AvgIpc) is 2.68. The predicted octanol–water partition coefficient (Wildman–Crippen LogP) is 2.17. The Labute approximate surface area is 177 Å². The van der Waals surface area contributed by atoms with E-state index in [-0.39, 0.29) is 18.5 Å². The number of carbonyl (C=O) groups excluding carboxylic acids is 2. The van der Waals surface area contributed by atoms with Crippen molar-refractivity contribution in [2.75, 3.05) is 53.5 Å². The molecule has 0 aromatic heterocycles. The van der Waals surface area contributed by atoms with E-state index in [0.29, 0.717) is 25.4 Å². The van der Waals surface area contributed by atoms with E-state index in [1.165, 1.54) is 26.4 Å². The van der Waals surface area contributed by atoms with Crippen LogP contribution in [0.25, 0.3) is 0 Å². The van der Waals surface area contributed by atoms with Crippen LogP contribution < -0.4 is 5.32 Å². The Morgan fingerprint density at radius 1 is 0.931 bits per heavy atom. The van der Waals surface area contributed by atoms with Crippen molar-refractivity contribution in [2.24, 2.45) is 0 Å². The summed E-state index contributed by atoms with van der Waals surface area (Å²) in [5, 5.41) is 12.1.